The summed E-state index contributed by atoms with van der Waals surface area (Å²) in [6, 6.07) is 11.0. The van der Waals surface area contributed by atoms with Crippen LogP contribution in [0.5, 0.6) is 0 Å². The molecule has 2 aliphatic heterocycles. The Morgan fingerprint density at radius 2 is 1.86 bits per heavy atom. The molecule has 0 saturated carbocycles. The second-order valence-corrected chi connectivity index (χ2v) is 12.4. The Morgan fingerprint density at radius 1 is 1.11 bits per heavy atom. The predicted octanol–water partition coefficient (Wildman–Crippen LogP) is 3.94. The monoisotopic (exact) mass is 512 g/mol. The highest BCUT2D eigenvalue weighted by atomic mass is 32.2. The number of aryl methyl sites for hydroxylation is 1. The van der Waals surface area contributed by atoms with Crippen LogP contribution in [0.3, 0.4) is 0 Å². The van der Waals surface area contributed by atoms with E-state index in [1.165, 1.54) is 22.6 Å². The second kappa shape index (κ2) is 9.00. The van der Waals surface area contributed by atoms with Crippen molar-refractivity contribution in [3.63, 3.8) is 0 Å². The molecule has 3 aromatic rings. The maximum Gasteiger partial charge on any atom is 0.243 e. The van der Waals surface area contributed by atoms with Crippen LogP contribution < -0.4 is 10.2 Å². The van der Waals surface area contributed by atoms with Gasteiger partial charge in [0.15, 0.2) is 5.13 Å². The third kappa shape index (κ3) is 4.46. The molecule has 0 spiro atoms. The van der Waals surface area contributed by atoms with Crippen molar-refractivity contribution >= 4 is 54.2 Å². The molecule has 8 nitrogen and oxygen atoms in total. The maximum atomic E-state index is 13.3. The molecule has 1 N–H and O–H groups in total. The van der Waals surface area contributed by atoms with Crippen LogP contribution in [-0.4, -0.2) is 48.7 Å². The number of nitrogens with zero attached hydrogens (tertiary/aromatic N) is 3. The quantitative estimate of drug-likeness (QED) is 0.571. The molecule has 3 heterocycles. The molecule has 5 rings (SSSR count). The Balaban J connectivity index is 1.24. The van der Waals surface area contributed by atoms with Crippen molar-refractivity contribution in [2.24, 2.45) is 5.92 Å². The first-order valence-electron chi connectivity index (χ1n) is 11.7. The lowest BCUT2D eigenvalue weighted by Crippen LogP contribution is -2.41. The van der Waals surface area contributed by atoms with Crippen LogP contribution in [0, 0.1) is 12.8 Å². The molecule has 1 unspecified atom stereocenters. The van der Waals surface area contributed by atoms with E-state index in [-0.39, 0.29) is 41.8 Å². The zero-order chi connectivity index (χ0) is 24.9. The van der Waals surface area contributed by atoms with Crippen molar-refractivity contribution in [3.05, 3.63) is 47.5 Å². The number of carbonyl (C=O) groups is 2. The first-order valence-corrected chi connectivity index (χ1v) is 14.0. The second-order valence-electron chi connectivity index (χ2n) is 9.39. The molecule has 0 bridgehead atoms. The minimum atomic E-state index is -3.68. The van der Waals surface area contributed by atoms with Gasteiger partial charge < -0.3 is 10.2 Å². The summed E-state index contributed by atoms with van der Waals surface area (Å²) in [4.78, 5) is 31.2. The van der Waals surface area contributed by atoms with Gasteiger partial charge in [0.05, 0.1) is 15.1 Å². The van der Waals surface area contributed by atoms with Crippen molar-refractivity contribution in [1.29, 1.82) is 0 Å². The summed E-state index contributed by atoms with van der Waals surface area (Å²) >= 11 is 1.44. The molecule has 2 amide bonds. The number of amides is 2. The van der Waals surface area contributed by atoms with Crippen molar-refractivity contribution in [2.75, 3.05) is 23.3 Å². The van der Waals surface area contributed by atoms with E-state index in [9.17, 15) is 18.0 Å². The molecular formula is C25H28N4O4S2. The predicted molar refractivity (Wildman–Crippen MR) is 137 cm³/mol. The van der Waals surface area contributed by atoms with E-state index in [2.05, 4.69) is 10.3 Å². The maximum absolute atomic E-state index is 13.3. The summed E-state index contributed by atoms with van der Waals surface area (Å²) in [7, 11) is -3.68. The topological polar surface area (TPSA) is 99.7 Å². The number of aromatic nitrogens is 1. The van der Waals surface area contributed by atoms with Crippen LogP contribution in [0.4, 0.5) is 10.8 Å². The molecule has 1 atom stereocenters. The summed E-state index contributed by atoms with van der Waals surface area (Å²) < 4.78 is 29.1. The Bertz CT molecular complexity index is 1420. The number of hydrogen-bond donors (Lipinski definition) is 1. The molecule has 2 aromatic carbocycles. The van der Waals surface area contributed by atoms with Gasteiger partial charge in [0.2, 0.25) is 21.8 Å². The van der Waals surface area contributed by atoms with Crippen molar-refractivity contribution < 1.29 is 18.0 Å². The number of carbonyl (C=O) groups excluding carboxylic acids is 2. The SMILES string of the molecule is CC(=O)N1c2ccc(S(=O)(=O)N3CCC(C(=O)Nc4nc5ccc(C)cc5s4)CC3)cc2CC1C. The zero-order valence-electron chi connectivity index (χ0n) is 19.9. The van der Waals surface area contributed by atoms with Crippen LogP contribution in [0.1, 0.15) is 37.8 Å². The summed E-state index contributed by atoms with van der Waals surface area (Å²) in [6.45, 7) is 6.07. The summed E-state index contributed by atoms with van der Waals surface area (Å²) in [5, 5.41) is 3.49. The molecule has 1 saturated heterocycles. The van der Waals surface area contributed by atoms with Gasteiger partial charge in [-0.1, -0.05) is 17.4 Å². The molecule has 10 heteroatoms. The molecule has 1 aromatic heterocycles. The average Bonchev–Trinajstić information content (AvgIpc) is 3.37. The van der Waals surface area contributed by atoms with Gasteiger partial charge in [-0.25, -0.2) is 13.4 Å². The van der Waals surface area contributed by atoms with Crippen molar-refractivity contribution in [2.45, 2.75) is 51.0 Å². The van der Waals surface area contributed by atoms with E-state index in [0.717, 1.165) is 27.0 Å². The highest BCUT2D eigenvalue weighted by Crippen LogP contribution is 2.35. The Labute approximate surface area is 209 Å². The first-order chi connectivity index (χ1) is 16.6. The van der Waals surface area contributed by atoms with Crippen LogP contribution in [0.25, 0.3) is 10.2 Å². The van der Waals surface area contributed by atoms with Gasteiger partial charge in [-0.2, -0.15) is 4.31 Å². The summed E-state index contributed by atoms with van der Waals surface area (Å²) in [6.07, 6.45) is 1.54. The van der Waals surface area contributed by atoms with Crippen LogP contribution in [0.15, 0.2) is 41.3 Å². The molecule has 0 aliphatic carbocycles. The first kappa shape index (κ1) is 23.9. The minimum absolute atomic E-state index is 0.00848. The standard InChI is InChI=1S/C25H28N4O4S2/c1-15-4-6-21-23(12-15)34-25(26-21)27-24(31)18-8-10-28(11-9-18)35(32,33)20-5-7-22-19(14-20)13-16(2)29(22)17(3)30/h4-7,12,14,16,18H,8-11,13H2,1-3H3,(H,26,27,31). The molecule has 1 fully saturated rings. The number of fused-ring (bicyclic) bond motifs is 2. The number of piperidine rings is 1. The van der Waals surface area contributed by atoms with E-state index < -0.39 is 10.0 Å². The van der Waals surface area contributed by atoms with Crippen LogP contribution in [-0.2, 0) is 26.0 Å². The fraction of sp³-hybridized carbons (Fsp3) is 0.400. The van der Waals surface area contributed by atoms with Crippen molar-refractivity contribution in [1.82, 2.24) is 9.29 Å². The normalized spacial score (nSPS) is 19.2. The van der Waals surface area contributed by atoms with Gasteiger partial charge in [-0.15, -0.1) is 0 Å². The van der Waals surface area contributed by atoms with Crippen molar-refractivity contribution in [3.8, 4) is 0 Å². The van der Waals surface area contributed by atoms with E-state index in [1.807, 2.05) is 32.0 Å². The number of rotatable bonds is 4. The van der Waals surface area contributed by atoms with Gasteiger partial charge in [-0.3, -0.25) is 9.59 Å². The lowest BCUT2D eigenvalue weighted by Gasteiger charge is -2.30. The van der Waals surface area contributed by atoms with Gasteiger partial charge in [-0.05, 0) is 74.6 Å². The van der Waals surface area contributed by atoms with E-state index in [4.69, 9.17) is 0 Å². The average molecular weight is 513 g/mol. The number of sulfonamides is 1. The molecule has 0 radical (unpaired) electrons. The highest BCUT2D eigenvalue weighted by Gasteiger charge is 2.35. The van der Waals surface area contributed by atoms with Gasteiger partial charge in [0.25, 0.3) is 0 Å². The Morgan fingerprint density at radius 3 is 2.57 bits per heavy atom. The molecular weight excluding hydrogens is 484 g/mol. The smallest absolute Gasteiger partial charge is 0.243 e. The minimum Gasteiger partial charge on any atom is -0.309 e. The largest absolute Gasteiger partial charge is 0.309 e. The zero-order valence-corrected chi connectivity index (χ0v) is 21.6. The molecule has 35 heavy (non-hydrogen) atoms. The third-order valence-corrected chi connectivity index (χ3v) is 9.67. The van der Waals surface area contributed by atoms with Gasteiger partial charge in [0, 0.05) is 37.7 Å². The summed E-state index contributed by atoms with van der Waals surface area (Å²) in [5.74, 6) is -0.429. The van der Waals surface area contributed by atoms with E-state index in [1.54, 1.807) is 23.1 Å². The number of benzene rings is 2. The number of nitrogens with one attached hydrogen (secondary N) is 1. The van der Waals surface area contributed by atoms with Gasteiger partial charge >= 0.3 is 0 Å². The third-order valence-electron chi connectivity index (χ3n) is 6.84. The number of anilines is 2. The van der Waals surface area contributed by atoms with Crippen LogP contribution in [0.2, 0.25) is 0 Å². The Kier molecular flexibility index (Phi) is 6.14. The summed E-state index contributed by atoms with van der Waals surface area (Å²) in [5.41, 5.74) is 3.65. The van der Waals surface area contributed by atoms with E-state index in [0.29, 0.717) is 24.4 Å². The molecule has 184 valence electrons. The van der Waals surface area contributed by atoms with Gasteiger partial charge in [0.1, 0.15) is 0 Å². The lowest BCUT2D eigenvalue weighted by molar-refractivity contribution is -0.121. The molecule has 2 aliphatic rings. The lowest BCUT2D eigenvalue weighted by atomic mass is 9.97. The Hall–Kier alpha value is -2.82. The van der Waals surface area contributed by atoms with Crippen LogP contribution >= 0.6 is 11.3 Å². The number of thiazole rings is 1. The highest BCUT2D eigenvalue weighted by molar-refractivity contribution is 7.89. The number of hydrogen-bond acceptors (Lipinski definition) is 6. The fourth-order valence-corrected chi connectivity index (χ4v) is 7.54. The fourth-order valence-electron chi connectivity index (χ4n) is 5.05. The van der Waals surface area contributed by atoms with E-state index >= 15 is 0 Å².